The summed E-state index contributed by atoms with van der Waals surface area (Å²) in [6, 6.07) is 6.43. The van der Waals surface area contributed by atoms with E-state index in [0.717, 1.165) is 24.0 Å². The molecule has 0 amide bonds. The monoisotopic (exact) mass is 316 g/mol. The van der Waals surface area contributed by atoms with Crippen LogP contribution in [0.4, 0.5) is 0 Å². The molecule has 2 aliphatic carbocycles. The number of carbonyl (C=O) groups is 1. The molecule has 126 valence electrons. The quantitative estimate of drug-likeness (QED) is 0.850. The molecule has 23 heavy (non-hydrogen) atoms. The van der Waals surface area contributed by atoms with Gasteiger partial charge in [0, 0.05) is 0 Å². The van der Waals surface area contributed by atoms with Crippen molar-refractivity contribution in [1.29, 1.82) is 0 Å². The predicted molar refractivity (Wildman–Crippen MR) is 90.5 cm³/mol. The molecule has 0 unspecified atom stereocenters. The van der Waals surface area contributed by atoms with Gasteiger partial charge in [-0.3, -0.25) is 4.79 Å². The van der Waals surface area contributed by atoms with Crippen LogP contribution in [0.1, 0.15) is 82.1 Å². The fourth-order valence-corrected chi connectivity index (χ4v) is 5.06. The van der Waals surface area contributed by atoms with Crippen LogP contribution in [0.25, 0.3) is 0 Å². The molecule has 1 saturated carbocycles. The van der Waals surface area contributed by atoms with E-state index in [1.165, 1.54) is 5.56 Å². The van der Waals surface area contributed by atoms with E-state index in [2.05, 4.69) is 39.0 Å². The molecule has 0 bridgehead atoms. The van der Waals surface area contributed by atoms with E-state index in [4.69, 9.17) is 0 Å². The third-order valence-electron chi connectivity index (χ3n) is 6.59. The number of hydrogen-bond donors (Lipinski definition) is 2. The molecule has 4 atom stereocenters. The smallest absolute Gasteiger partial charge is 0.309 e. The lowest BCUT2D eigenvalue weighted by molar-refractivity contribution is -0.159. The van der Waals surface area contributed by atoms with Gasteiger partial charge in [0.25, 0.3) is 0 Å². The number of carboxylic acid groups (broad SMARTS) is 1. The third kappa shape index (κ3) is 2.32. The summed E-state index contributed by atoms with van der Waals surface area (Å²) in [7, 11) is 0. The molecule has 0 heterocycles. The Morgan fingerprint density at radius 1 is 1.26 bits per heavy atom. The minimum Gasteiger partial charge on any atom is -0.481 e. The Morgan fingerprint density at radius 3 is 2.57 bits per heavy atom. The summed E-state index contributed by atoms with van der Waals surface area (Å²) in [6.07, 6.45) is 2.62. The molecule has 0 aliphatic heterocycles. The van der Waals surface area contributed by atoms with Gasteiger partial charge in [0.15, 0.2) is 0 Å². The van der Waals surface area contributed by atoms with Crippen LogP contribution < -0.4 is 0 Å². The second kappa shape index (κ2) is 5.34. The van der Waals surface area contributed by atoms with Gasteiger partial charge in [-0.05, 0) is 60.1 Å². The van der Waals surface area contributed by atoms with Crippen molar-refractivity contribution in [2.75, 3.05) is 0 Å². The lowest BCUT2D eigenvalue weighted by atomic mass is 9.49. The van der Waals surface area contributed by atoms with Crippen molar-refractivity contribution in [3.05, 3.63) is 34.9 Å². The van der Waals surface area contributed by atoms with Crippen molar-refractivity contribution < 1.29 is 15.0 Å². The number of rotatable bonds is 2. The molecule has 0 radical (unpaired) electrons. The number of hydrogen-bond acceptors (Lipinski definition) is 2. The molecule has 0 aromatic heterocycles. The van der Waals surface area contributed by atoms with Gasteiger partial charge >= 0.3 is 5.97 Å². The number of fused-ring (bicyclic) bond motifs is 3. The number of benzene rings is 1. The summed E-state index contributed by atoms with van der Waals surface area (Å²) in [5.74, 6) is -0.315. The number of aliphatic hydroxyl groups is 1. The molecule has 3 heteroatoms. The van der Waals surface area contributed by atoms with Crippen molar-refractivity contribution in [2.24, 2.45) is 11.3 Å². The molecule has 3 nitrogen and oxygen atoms in total. The summed E-state index contributed by atoms with van der Waals surface area (Å²) in [6.45, 7) is 8.39. The Balaban J connectivity index is 2.14. The molecular weight excluding hydrogens is 288 g/mol. The van der Waals surface area contributed by atoms with Crippen molar-refractivity contribution in [3.63, 3.8) is 0 Å². The van der Waals surface area contributed by atoms with E-state index in [1.54, 1.807) is 0 Å². The van der Waals surface area contributed by atoms with Crippen molar-refractivity contribution in [1.82, 2.24) is 0 Å². The van der Waals surface area contributed by atoms with Gasteiger partial charge in [-0.15, -0.1) is 0 Å². The van der Waals surface area contributed by atoms with Crippen LogP contribution in [0.5, 0.6) is 0 Å². The Hall–Kier alpha value is -1.35. The van der Waals surface area contributed by atoms with Gasteiger partial charge < -0.3 is 10.2 Å². The lowest BCUT2D eigenvalue weighted by Crippen LogP contribution is -2.53. The van der Waals surface area contributed by atoms with Crippen LogP contribution >= 0.6 is 0 Å². The number of carboxylic acids is 1. The van der Waals surface area contributed by atoms with Gasteiger partial charge in [-0.2, -0.15) is 0 Å². The second-order valence-electron chi connectivity index (χ2n) is 8.30. The third-order valence-corrected chi connectivity index (χ3v) is 6.59. The minimum atomic E-state index is -0.748. The largest absolute Gasteiger partial charge is 0.481 e. The van der Waals surface area contributed by atoms with Gasteiger partial charge in [0.1, 0.15) is 0 Å². The van der Waals surface area contributed by atoms with Crippen LogP contribution in [0, 0.1) is 11.3 Å². The van der Waals surface area contributed by atoms with Gasteiger partial charge in [-0.25, -0.2) is 0 Å². The summed E-state index contributed by atoms with van der Waals surface area (Å²) < 4.78 is 0. The maximum Gasteiger partial charge on any atom is 0.309 e. The van der Waals surface area contributed by atoms with Crippen LogP contribution in [0.2, 0.25) is 0 Å². The topological polar surface area (TPSA) is 57.5 Å². The SMILES string of the molecule is CC(C)c1ccc2c(c1)[C@H](O)C[C@H]1[C@](C)(C(=O)O)CCC[C@]21C. The average molecular weight is 316 g/mol. The minimum absolute atomic E-state index is 0.0198. The van der Waals surface area contributed by atoms with E-state index in [1.807, 2.05) is 6.92 Å². The number of aliphatic hydroxyl groups excluding tert-OH is 1. The highest BCUT2D eigenvalue weighted by Gasteiger charge is 2.56. The normalized spacial score (nSPS) is 36.4. The Bertz CT molecular complexity index is 636. The number of aliphatic carboxylic acids is 1. The summed E-state index contributed by atoms with van der Waals surface area (Å²) in [5.41, 5.74) is 2.52. The summed E-state index contributed by atoms with van der Waals surface area (Å²) in [4.78, 5) is 12.0. The highest BCUT2D eigenvalue weighted by Crippen LogP contribution is 2.59. The second-order valence-corrected chi connectivity index (χ2v) is 8.30. The van der Waals surface area contributed by atoms with Crippen molar-refractivity contribution in [2.45, 2.75) is 70.8 Å². The van der Waals surface area contributed by atoms with E-state index in [0.29, 0.717) is 18.8 Å². The van der Waals surface area contributed by atoms with Crippen LogP contribution in [-0.4, -0.2) is 16.2 Å². The Morgan fingerprint density at radius 2 is 1.96 bits per heavy atom. The van der Waals surface area contributed by atoms with Crippen LogP contribution in [0.15, 0.2) is 18.2 Å². The van der Waals surface area contributed by atoms with Crippen LogP contribution in [0.3, 0.4) is 0 Å². The first-order valence-electron chi connectivity index (χ1n) is 8.76. The molecule has 1 aromatic carbocycles. The van der Waals surface area contributed by atoms with Crippen LogP contribution in [-0.2, 0) is 10.2 Å². The van der Waals surface area contributed by atoms with E-state index in [9.17, 15) is 15.0 Å². The molecule has 0 spiro atoms. The standard InChI is InChI=1S/C20H28O3/c1-12(2)13-6-7-15-14(10-13)16(21)11-17-19(15,3)8-5-9-20(17,4)18(22)23/h6-7,10,12,16-17,21H,5,8-9,11H2,1-4H3,(H,22,23)/t16-,17-,19-,20-/m1/s1. The van der Waals surface area contributed by atoms with E-state index < -0.39 is 17.5 Å². The fourth-order valence-electron chi connectivity index (χ4n) is 5.06. The molecule has 1 fully saturated rings. The highest BCUT2D eigenvalue weighted by molar-refractivity contribution is 5.75. The van der Waals surface area contributed by atoms with E-state index >= 15 is 0 Å². The highest BCUT2D eigenvalue weighted by atomic mass is 16.4. The molecule has 2 aliphatic rings. The maximum atomic E-state index is 12.0. The molecular formula is C20H28O3. The van der Waals surface area contributed by atoms with Crippen molar-refractivity contribution >= 4 is 5.97 Å². The first kappa shape index (κ1) is 16.5. The van der Waals surface area contributed by atoms with Gasteiger partial charge in [0.2, 0.25) is 0 Å². The van der Waals surface area contributed by atoms with E-state index in [-0.39, 0.29) is 11.3 Å². The van der Waals surface area contributed by atoms with Gasteiger partial charge in [0.05, 0.1) is 11.5 Å². The first-order chi connectivity index (χ1) is 10.7. The molecule has 2 N–H and O–H groups in total. The van der Waals surface area contributed by atoms with Gasteiger partial charge in [-0.1, -0.05) is 45.4 Å². The fraction of sp³-hybridized carbons (Fsp3) is 0.650. The predicted octanol–water partition coefficient (Wildman–Crippen LogP) is 4.40. The molecule has 3 rings (SSSR count). The Labute approximate surface area is 138 Å². The molecule has 1 aromatic rings. The van der Waals surface area contributed by atoms with Crippen molar-refractivity contribution in [3.8, 4) is 0 Å². The molecule has 0 saturated heterocycles. The summed E-state index contributed by atoms with van der Waals surface area (Å²) >= 11 is 0. The maximum absolute atomic E-state index is 12.0. The zero-order chi connectivity index (χ0) is 17.0. The zero-order valence-corrected chi connectivity index (χ0v) is 14.6. The average Bonchev–Trinajstić information content (AvgIpc) is 2.49. The Kier molecular flexibility index (Phi) is 3.83. The zero-order valence-electron chi connectivity index (χ0n) is 14.6. The summed E-state index contributed by atoms with van der Waals surface area (Å²) in [5, 5.41) is 20.6. The first-order valence-corrected chi connectivity index (χ1v) is 8.76. The lowest BCUT2D eigenvalue weighted by Gasteiger charge is -2.54.